The summed E-state index contributed by atoms with van der Waals surface area (Å²) in [6.45, 7) is 4.95. The molecule has 2 rings (SSSR count). The van der Waals surface area contributed by atoms with Crippen LogP contribution in [0.5, 0.6) is 5.75 Å². The summed E-state index contributed by atoms with van der Waals surface area (Å²) in [5.74, 6) is 0.849. The second-order valence-electron chi connectivity index (χ2n) is 5.50. The van der Waals surface area contributed by atoms with Gasteiger partial charge in [0.15, 0.2) is 0 Å². The molecule has 132 valence electrons. The van der Waals surface area contributed by atoms with Crippen LogP contribution >= 0.6 is 11.3 Å². The Morgan fingerprint density at radius 1 is 1.08 bits per heavy atom. The van der Waals surface area contributed by atoms with Crippen molar-refractivity contribution >= 4 is 11.3 Å². The van der Waals surface area contributed by atoms with Crippen molar-refractivity contribution in [3.8, 4) is 16.3 Å². The van der Waals surface area contributed by atoms with Crippen LogP contribution in [0.3, 0.4) is 0 Å². The maximum Gasteiger partial charge on any atom is 0.123 e. The van der Waals surface area contributed by atoms with Crippen molar-refractivity contribution in [2.45, 2.75) is 19.8 Å². The number of hydrogen-bond donors (Lipinski definition) is 2. The second kappa shape index (κ2) is 10.4. The van der Waals surface area contributed by atoms with Crippen molar-refractivity contribution in [2.75, 3.05) is 39.5 Å². The van der Waals surface area contributed by atoms with Crippen LogP contribution in [-0.2, 0) is 6.42 Å². The fourth-order valence-electron chi connectivity index (χ4n) is 2.39. The Balaban J connectivity index is 1.77. The summed E-state index contributed by atoms with van der Waals surface area (Å²) in [5, 5.41) is 19.0. The minimum Gasteiger partial charge on any atom is -0.494 e. The minimum atomic E-state index is 0.110. The molecule has 2 aromatic rings. The largest absolute Gasteiger partial charge is 0.494 e. The molecule has 5 nitrogen and oxygen atoms in total. The van der Waals surface area contributed by atoms with Crippen LogP contribution < -0.4 is 4.74 Å². The number of aryl methyl sites for hydroxylation is 1. The van der Waals surface area contributed by atoms with E-state index in [1.165, 1.54) is 4.88 Å². The van der Waals surface area contributed by atoms with Gasteiger partial charge in [0.1, 0.15) is 10.8 Å². The van der Waals surface area contributed by atoms with Crippen molar-refractivity contribution < 1.29 is 14.9 Å². The van der Waals surface area contributed by atoms with Gasteiger partial charge >= 0.3 is 0 Å². The number of aliphatic hydroxyl groups is 2. The monoisotopic (exact) mass is 350 g/mol. The van der Waals surface area contributed by atoms with Gasteiger partial charge in [0.25, 0.3) is 0 Å². The van der Waals surface area contributed by atoms with E-state index in [4.69, 9.17) is 14.9 Å². The van der Waals surface area contributed by atoms with Gasteiger partial charge in [-0.1, -0.05) is 6.92 Å². The molecule has 1 aromatic heterocycles. The summed E-state index contributed by atoms with van der Waals surface area (Å²) >= 11 is 1.73. The van der Waals surface area contributed by atoms with E-state index in [0.29, 0.717) is 19.7 Å². The lowest BCUT2D eigenvalue weighted by Gasteiger charge is -2.19. The molecule has 2 N–H and O–H groups in total. The summed E-state index contributed by atoms with van der Waals surface area (Å²) in [6, 6.07) is 8.03. The van der Waals surface area contributed by atoms with Crippen molar-refractivity contribution in [1.82, 2.24) is 9.88 Å². The van der Waals surface area contributed by atoms with Gasteiger partial charge in [-0.2, -0.15) is 0 Å². The quantitative estimate of drug-likeness (QED) is 0.609. The van der Waals surface area contributed by atoms with Crippen LogP contribution in [0.25, 0.3) is 10.6 Å². The number of hydrogen-bond acceptors (Lipinski definition) is 6. The molecule has 0 spiro atoms. The number of benzene rings is 1. The first-order valence-electron chi connectivity index (χ1n) is 8.38. The third-order valence-electron chi connectivity index (χ3n) is 3.72. The van der Waals surface area contributed by atoms with Crippen LogP contribution in [-0.4, -0.2) is 59.6 Å². The highest BCUT2D eigenvalue weighted by atomic mass is 32.1. The van der Waals surface area contributed by atoms with Gasteiger partial charge in [0.05, 0.1) is 19.8 Å². The molecule has 0 aliphatic rings. The predicted octanol–water partition coefficient (Wildman–Crippen LogP) is 2.43. The molecule has 1 aromatic carbocycles. The van der Waals surface area contributed by atoms with Crippen LogP contribution in [0.15, 0.2) is 30.5 Å². The van der Waals surface area contributed by atoms with E-state index in [9.17, 15) is 0 Å². The third kappa shape index (κ3) is 5.87. The Hall–Kier alpha value is -1.47. The predicted molar refractivity (Wildman–Crippen MR) is 97.7 cm³/mol. The Morgan fingerprint density at radius 2 is 1.79 bits per heavy atom. The molecule has 0 saturated heterocycles. The molecule has 24 heavy (non-hydrogen) atoms. The van der Waals surface area contributed by atoms with E-state index in [2.05, 4.69) is 11.9 Å². The molecule has 0 saturated carbocycles. The zero-order chi connectivity index (χ0) is 17.2. The molecule has 0 atom stereocenters. The number of nitrogens with zero attached hydrogens (tertiary/aromatic N) is 2. The highest BCUT2D eigenvalue weighted by Gasteiger charge is 2.05. The van der Waals surface area contributed by atoms with Crippen LogP contribution in [0.2, 0.25) is 0 Å². The zero-order valence-corrected chi connectivity index (χ0v) is 15.0. The summed E-state index contributed by atoms with van der Waals surface area (Å²) in [7, 11) is 0. The normalized spacial score (nSPS) is 11.2. The maximum atomic E-state index is 8.98. The first kappa shape index (κ1) is 18.9. The van der Waals surface area contributed by atoms with E-state index >= 15 is 0 Å². The van der Waals surface area contributed by atoms with Crippen LogP contribution in [0.4, 0.5) is 0 Å². The van der Waals surface area contributed by atoms with Gasteiger partial charge < -0.3 is 14.9 Å². The number of rotatable bonds is 11. The van der Waals surface area contributed by atoms with Crippen LogP contribution in [0.1, 0.15) is 18.2 Å². The van der Waals surface area contributed by atoms with Gasteiger partial charge in [0, 0.05) is 36.3 Å². The lowest BCUT2D eigenvalue weighted by atomic mass is 10.2. The van der Waals surface area contributed by atoms with Crippen molar-refractivity contribution in [3.05, 3.63) is 35.3 Å². The standard InChI is InChI=1S/C18H26N2O3S/c1-2-17-14-19-18(24-17)15-4-6-16(7-5-15)23-13-3-8-20(9-11-21)10-12-22/h4-7,14,21-22H,2-3,8-13H2,1H3. The molecule has 0 aliphatic heterocycles. The molecule has 0 fully saturated rings. The Morgan fingerprint density at radius 3 is 2.38 bits per heavy atom. The Labute approximate surface area is 147 Å². The number of aromatic nitrogens is 1. The SMILES string of the molecule is CCc1cnc(-c2ccc(OCCCN(CCO)CCO)cc2)s1. The van der Waals surface area contributed by atoms with E-state index in [1.54, 1.807) is 11.3 Å². The molecule has 6 heteroatoms. The average molecular weight is 350 g/mol. The Kier molecular flexibility index (Phi) is 8.18. The van der Waals surface area contributed by atoms with E-state index in [1.807, 2.05) is 35.4 Å². The summed E-state index contributed by atoms with van der Waals surface area (Å²) in [5.41, 5.74) is 1.11. The van der Waals surface area contributed by atoms with Gasteiger partial charge in [-0.15, -0.1) is 11.3 Å². The second-order valence-corrected chi connectivity index (χ2v) is 6.62. The molecule has 1 heterocycles. The van der Waals surface area contributed by atoms with E-state index in [-0.39, 0.29) is 13.2 Å². The first-order valence-corrected chi connectivity index (χ1v) is 9.20. The minimum absolute atomic E-state index is 0.110. The highest BCUT2D eigenvalue weighted by Crippen LogP contribution is 2.27. The third-order valence-corrected chi connectivity index (χ3v) is 4.91. The number of ether oxygens (including phenoxy) is 1. The highest BCUT2D eigenvalue weighted by molar-refractivity contribution is 7.15. The van der Waals surface area contributed by atoms with Gasteiger partial charge in [-0.25, -0.2) is 4.98 Å². The van der Waals surface area contributed by atoms with Crippen molar-refractivity contribution in [1.29, 1.82) is 0 Å². The van der Waals surface area contributed by atoms with Gasteiger partial charge in [-0.3, -0.25) is 4.90 Å². The molecule has 0 bridgehead atoms. The lowest BCUT2D eigenvalue weighted by Crippen LogP contribution is -2.31. The molecule has 0 radical (unpaired) electrons. The summed E-state index contributed by atoms with van der Waals surface area (Å²) in [4.78, 5) is 7.77. The maximum absolute atomic E-state index is 8.98. The van der Waals surface area contributed by atoms with E-state index < -0.39 is 0 Å². The molecule has 0 unspecified atom stereocenters. The topological polar surface area (TPSA) is 65.8 Å². The fraction of sp³-hybridized carbons (Fsp3) is 0.500. The van der Waals surface area contributed by atoms with Gasteiger partial charge in [0.2, 0.25) is 0 Å². The summed E-state index contributed by atoms with van der Waals surface area (Å²) in [6.07, 6.45) is 3.81. The first-order chi connectivity index (χ1) is 11.8. The zero-order valence-electron chi connectivity index (χ0n) is 14.1. The van der Waals surface area contributed by atoms with Gasteiger partial charge in [-0.05, 0) is 37.1 Å². The smallest absolute Gasteiger partial charge is 0.123 e. The molecular weight excluding hydrogens is 324 g/mol. The lowest BCUT2D eigenvalue weighted by molar-refractivity contribution is 0.153. The average Bonchev–Trinajstić information content (AvgIpc) is 3.09. The van der Waals surface area contributed by atoms with Crippen LogP contribution in [0, 0.1) is 0 Å². The molecular formula is C18H26N2O3S. The summed E-state index contributed by atoms with van der Waals surface area (Å²) < 4.78 is 5.76. The number of aliphatic hydroxyl groups excluding tert-OH is 2. The Bertz CT molecular complexity index is 580. The molecule has 0 amide bonds. The van der Waals surface area contributed by atoms with E-state index in [0.717, 1.165) is 35.7 Å². The molecule has 0 aliphatic carbocycles. The fourth-order valence-corrected chi connectivity index (χ4v) is 3.25. The van der Waals surface area contributed by atoms with Crippen molar-refractivity contribution in [2.24, 2.45) is 0 Å². The number of thiazole rings is 1. The van der Waals surface area contributed by atoms with Crippen molar-refractivity contribution in [3.63, 3.8) is 0 Å².